The van der Waals surface area contributed by atoms with Crippen molar-refractivity contribution in [2.45, 2.75) is 240 Å². The van der Waals surface area contributed by atoms with Gasteiger partial charge < -0.3 is 66.2 Å². The van der Waals surface area contributed by atoms with E-state index in [1.165, 1.54) is 46.7 Å². The van der Waals surface area contributed by atoms with Crippen molar-refractivity contribution in [3.05, 3.63) is 83.6 Å². The van der Waals surface area contributed by atoms with Crippen LogP contribution >= 0.6 is 22.7 Å². The minimum Gasteiger partial charge on any atom is -0.480 e. The Morgan fingerprint density at radius 3 is 1.24 bits per heavy atom. The number of nitrogens with two attached hydrogens (primary N) is 1. The molecule has 2 aromatic carbocycles. The van der Waals surface area contributed by atoms with Gasteiger partial charge in [-0.05, 0) is 134 Å². The lowest BCUT2D eigenvalue weighted by molar-refractivity contribution is -0.145. The molecule has 4 aromatic heterocycles. The van der Waals surface area contributed by atoms with Gasteiger partial charge in [0, 0.05) is 12.8 Å². The molecule has 6 aromatic rings. The first kappa shape index (κ1) is 92.2. The molecule has 14 rings (SSSR count). The van der Waals surface area contributed by atoms with Gasteiger partial charge in [0.25, 0.3) is 11.8 Å². The van der Waals surface area contributed by atoms with E-state index in [2.05, 4.69) is 36.3 Å². The number of carboxylic acid groups (broad SMARTS) is 1. The molecule has 6 saturated carbocycles. The minimum atomic E-state index is -4.17. The Labute approximate surface area is 716 Å². The Morgan fingerprint density at radius 1 is 0.520 bits per heavy atom. The van der Waals surface area contributed by atoms with E-state index in [9.17, 15) is 82.3 Å². The molecule has 0 bridgehead atoms. The normalized spacial score (nSPS) is 23.9. The van der Waals surface area contributed by atoms with Crippen LogP contribution in [0.2, 0.25) is 0 Å². The van der Waals surface area contributed by atoms with Crippen LogP contribution in [0.5, 0.6) is 11.8 Å². The van der Waals surface area contributed by atoms with Crippen molar-refractivity contribution in [1.82, 2.24) is 65.8 Å². The fourth-order valence-electron chi connectivity index (χ4n) is 16.1. The zero-order valence-corrected chi connectivity index (χ0v) is 72.4. The Balaban J connectivity index is 0.000000196. The average molecular weight is 1790 g/mol. The third kappa shape index (κ3) is 21.7. The summed E-state index contributed by atoms with van der Waals surface area (Å²) in [6.07, 6.45) is -0.305. The van der Waals surface area contributed by atoms with Gasteiger partial charge in [0.15, 0.2) is 0 Å². The van der Waals surface area contributed by atoms with Crippen molar-refractivity contribution in [2.24, 2.45) is 40.2 Å². The topological polar surface area (TPSA) is 464 Å². The summed E-state index contributed by atoms with van der Waals surface area (Å²) in [6.45, 7) is 10.1. The van der Waals surface area contributed by atoms with Gasteiger partial charge >= 0.3 is 18.2 Å². The first-order valence-electron chi connectivity index (χ1n) is 41.0. The molecule has 8 fully saturated rings. The molecular weight excluding hydrogens is 1690 g/mol. The molecule has 123 heavy (non-hydrogen) atoms. The summed E-state index contributed by atoms with van der Waals surface area (Å²) in [7, 11) is -5.83. The molecule has 2 aliphatic heterocycles. The van der Waals surface area contributed by atoms with E-state index < -0.39 is 198 Å². The molecule has 12 atom stereocenters. The summed E-state index contributed by atoms with van der Waals surface area (Å²) >= 11 is 2.83. The second kappa shape index (κ2) is 37.8. The van der Waals surface area contributed by atoms with Crippen molar-refractivity contribution < 1.29 is 106 Å². The smallest absolute Gasteiger partial charge is 0.407 e. The van der Waals surface area contributed by atoms with Crippen LogP contribution in [0.4, 0.5) is 27.2 Å². The van der Waals surface area contributed by atoms with Crippen LogP contribution in [0.15, 0.2) is 83.6 Å². The number of alkyl carbamates (subject to hydrolysis) is 2. The summed E-state index contributed by atoms with van der Waals surface area (Å²) in [5, 5.41) is 23.8. The number of aromatic nitrogens is 4. The number of likely N-dealkylation sites (tertiary alicyclic amines) is 2. The number of rotatable bonds is 27. The van der Waals surface area contributed by atoms with Crippen LogP contribution in [-0.4, -0.2) is 221 Å². The van der Waals surface area contributed by atoms with Gasteiger partial charge in [-0.2, -0.15) is 0 Å². The Morgan fingerprint density at radius 2 is 0.902 bits per heavy atom. The van der Waals surface area contributed by atoms with Gasteiger partial charge in [0.2, 0.25) is 74.2 Å². The molecule has 6 heterocycles. The summed E-state index contributed by atoms with van der Waals surface area (Å²) in [4.78, 5) is 155. The quantitative estimate of drug-likeness (QED) is 0.0218. The van der Waals surface area contributed by atoms with E-state index in [1.807, 2.05) is 68.7 Å². The fourth-order valence-corrected chi connectivity index (χ4v) is 20.2. The first-order chi connectivity index (χ1) is 58.2. The average Bonchev–Trinajstić information content (AvgIpc) is 1.57. The van der Waals surface area contributed by atoms with Crippen molar-refractivity contribution in [1.29, 1.82) is 0 Å². The number of sulfonamides is 2. The van der Waals surface area contributed by atoms with Crippen LogP contribution in [0.1, 0.15) is 157 Å². The minimum absolute atomic E-state index is 0.0374. The maximum Gasteiger partial charge on any atom is 0.407 e. The maximum atomic E-state index is 15.0. The van der Waals surface area contributed by atoms with Crippen LogP contribution in [0, 0.1) is 34.5 Å². The Bertz CT molecular complexity index is 5150. The van der Waals surface area contributed by atoms with E-state index in [-0.39, 0.29) is 49.5 Å². The number of carbonyl (C=O) groups is 10. The number of thiophene rings is 2. The number of para-hydroxylation sites is 4. The number of hydrogen-bond acceptors (Lipinski definition) is 25. The van der Waals surface area contributed by atoms with E-state index in [0.29, 0.717) is 72.0 Å². The van der Waals surface area contributed by atoms with Crippen LogP contribution in [0.25, 0.3) is 43.2 Å². The number of halogens is 4. The van der Waals surface area contributed by atoms with Crippen LogP contribution in [-0.2, 0) is 67.9 Å². The molecule has 0 spiro atoms. The van der Waals surface area contributed by atoms with Gasteiger partial charge in [0.1, 0.15) is 64.9 Å². The standard InChI is InChI=1S/C41H51F2N7O9S2.C31H36F2N6O6S2.C10H17NO4/c1-40(2,3)32(47-35(52)30(46-39(55)58-4)22-11-6-5-7-12-22)37(53)50-21-23(59-36-31(29-15-10-18-60-29)44-26-13-8-9-14-27(26)45-36)19-28(50)34(51)48-41(20-25(41)33(42)43)38(54)49-61(56,57)24-16-17-24;1-30(2,3)24(34)28(41)39-15-16(45-27-23(22-9-6-12-46-22)35-19-7-4-5-8-20(19)36-27)13-21(39)26(40)37-31(14-18(31)25(32)33)29(42)38-47(43,44)17-10-11-17;1-15-10(14)11-8(9(12)13)7-5-3-2-4-6-7/h8-10,13-15,18,22-25,28,30,32-33H,5-7,11-12,16-17,19-21H2,1-4H3,(H,46,55)(H,47,52)(H,48,51)(H,49,54);4-9,12,16-18,21,24-25H,10-11,13-15,34H2,1-3H3,(H,37,40)(H,38,42);7-8H,2-6H2,1H3,(H,11,14)(H,12,13)/t23-,25+,28+,30+,32-,41-;16-,18+,21+,24-,31-;8-/m110/s1. The number of nitrogens with zero attached hydrogens (tertiary/aromatic N) is 6. The molecule has 0 unspecified atom stereocenters. The monoisotopic (exact) mass is 1790 g/mol. The van der Waals surface area contributed by atoms with Gasteiger partial charge in [-0.3, -0.25) is 43.0 Å². The highest BCUT2D eigenvalue weighted by Crippen LogP contribution is 2.51. The lowest BCUT2D eigenvalue weighted by Crippen LogP contribution is -2.62. The number of ether oxygens (including phenoxy) is 4. The molecule has 2 saturated heterocycles. The number of carbonyl (C=O) groups excluding carboxylic acids is 9. The van der Waals surface area contributed by atoms with Gasteiger partial charge in [0.05, 0.1) is 87.5 Å². The Kier molecular flexibility index (Phi) is 28.4. The zero-order chi connectivity index (χ0) is 89.0. The summed E-state index contributed by atoms with van der Waals surface area (Å²) in [6, 6.07) is 14.9. The lowest BCUT2D eigenvalue weighted by atomic mass is 9.82. The number of aliphatic carboxylic acids is 1. The van der Waals surface area contributed by atoms with Gasteiger partial charge in [-0.25, -0.2) is 68.7 Å². The van der Waals surface area contributed by atoms with Gasteiger partial charge in [-0.1, -0.05) is 116 Å². The van der Waals surface area contributed by atoms with E-state index >= 15 is 0 Å². The predicted molar refractivity (Wildman–Crippen MR) is 443 cm³/mol. The molecule has 6 aliphatic carbocycles. The van der Waals surface area contributed by atoms with Crippen LogP contribution in [0.3, 0.4) is 0 Å². The SMILES string of the molecule is CC(C)(C)[C@H](N)C(=O)N1C[C@H](Oc2nc3ccccc3nc2-c2cccs2)C[C@H]1C(=O)N[C@]1(C(=O)NS(=O)(=O)C2CC2)C[C@H]1C(F)F.COC(=O)N[C@H](C(=O)N[C@H](C(=O)N1C[C@H](Oc2nc3ccccc3nc2-c2cccs2)C[C@H]1C(=O)N[C@]1(C(=O)NS(=O)(=O)C2CC2)C[C@H]1C(F)F)C(C)(C)C)C1CCCCC1.COC(=O)N[C@H](C(=O)O)C1CCCCC1. The molecule has 9 amide bonds. The van der Waals surface area contributed by atoms with Crippen molar-refractivity contribution >= 4 is 124 Å². The number of methoxy groups -OCH3 is 2. The number of nitrogens with one attached hydrogen (secondary N) is 7. The molecule has 668 valence electrons. The number of fused-ring (bicyclic) bond motifs is 2. The van der Waals surface area contributed by atoms with Crippen molar-refractivity contribution in [3.63, 3.8) is 0 Å². The molecule has 10 N–H and O–H groups in total. The second-order valence-corrected chi connectivity index (χ2v) is 40.5. The summed E-state index contributed by atoms with van der Waals surface area (Å²) in [5.74, 6) is -10.5. The highest BCUT2D eigenvalue weighted by atomic mass is 32.2. The van der Waals surface area contributed by atoms with E-state index in [0.717, 1.165) is 61.1 Å². The summed E-state index contributed by atoms with van der Waals surface area (Å²) < 4.78 is 133. The number of carboxylic acids is 1. The molecule has 8 aliphatic rings. The number of alkyl halides is 4. The predicted octanol–water partition coefficient (Wildman–Crippen LogP) is 8.50. The molecule has 41 heteroatoms. The van der Waals surface area contributed by atoms with E-state index in [1.54, 1.807) is 65.8 Å². The maximum absolute atomic E-state index is 15.0. The molecule has 33 nitrogen and oxygen atoms in total. The second-order valence-electron chi connectivity index (χ2n) is 34.7. The number of benzene rings is 2. The highest BCUT2D eigenvalue weighted by Gasteiger charge is 2.68. The van der Waals surface area contributed by atoms with Crippen molar-refractivity contribution in [3.8, 4) is 32.9 Å². The lowest BCUT2D eigenvalue weighted by Gasteiger charge is -2.37. The third-order valence-corrected chi connectivity index (χ3v) is 29.1. The van der Waals surface area contributed by atoms with E-state index in [4.69, 9.17) is 40.0 Å². The highest BCUT2D eigenvalue weighted by molar-refractivity contribution is 7.91. The molecule has 0 radical (unpaired) electrons. The largest absolute Gasteiger partial charge is 0.480 e. The summed E-state index contributed by atoms with van der Waals surface area (Å²) in [5.41, 5.74) is 3.45. The first-order valence-corrected chi connectivity index (χ1v) is 45.9. The fraction of sp³-hybridized carbons (Fsp3) is 0.585. The third-order valence-electron chi connectivity index (χ3n) is 23.7. The zero-order valence-electron chi connectivity index (χ0n) is 69.2. The van der Waals surface area contributed by atoms with Crippen molar-refractivity contribution in [2.75, 3.05) is 27.3 Å². The van der Waals surface area contributed by atoms with Crippen LogP contribution < -0.4 is 51.2 Å². The number of hydrogen-bond donors (Lipinski definition) is 9. The Hall–Kier alpha value is -10.00. The molecular formula is C82H104F4N14O19S4. The number of amides is 9. The van der Waals surface area contributed by atoms with Gasteiger partial charge in [-0.15, -0.1) is 22.7 Å².